The van der Waals surface area contributed by atoms with Crippen LogP contribution in [0.4, 0.5) is 11.5 Å². The molecule has 0 bridgehead atoms. The second-order valence-corrected chi connectivity index (χ2v) is 6.32. The molecule has 1 fully saturated rings. The molecule has 100 valence electrons. The Morgan fingerprint density at radius 2 is 2.33 bits per heavy atom. The Bertz CT molecular complexity index is 383. The summed E-state index contributed by atoms with van der Waals surface area (Å²) in [5.41, 5.74) is 1.29. The largest absolute Gasteiger partial charge is 0.370 e. The molecule has 18 heavy (non-hydrogen) atoms. The number of anilines is 2. The molecule has 2 atom stereocenters. The van der Waals surface area contributed by atoms with Gasteiger partial charge in [-0.3, -0.25) is 0 Å². The number of hydrogen-bond acceptors (Lipinski definition) is 4. The predicted molar refractivity (Wildman–Crippen MR) is 81.7 cm³/mol. The first-order chi connectivity index (χ1) is 8.72. The number of thioether (sulfide) groups is 1. The smallest absolute Gasteiger partial charge is 0.127 e. The molecule has 0 spiro atoms. The highest BCUT2D eigenvalue weighted by molar-refractivity contribution is 8.00. The summed E-state index contributed by atoms with van der Waals surface area (Å²) in [5.74, 6) is 2.21. The number of aromatic nitrogens is 1. The van der Waals surface area contributed by atoms with Gasteiger partial charge in [-0.25, -0.2) is 4.98 Å². The fourth-order valence-electron chi connectivity index (χ4n) is 2.25. The molecule has 0 saturated carbocycles. The highest BCUT2D eigenvalue weighted by Gasteiger charge is 2.25. The van der Waals surface area contributed by atoms with E-state index in [1.165, 1.54) is 11.4 Å². The fraction of sp³-hybridized carbons (Fsp3) is 0.643. The Balaban J connectivity index is 2.11. The van der Waals surface area contributed by atoms with E-state index in [1.807, 2.05) is 6.20 Å². The van der Waals surface area contributed by atoms with Crippen LogP contribution in [0.2, 0.25) is 0 Å². The van der Waals surface area contributed by atoms with Gasteiger partial charge in [-0.05, 0) is 19.4 Å². The summed E-state index contributed by atoms with van der Waals surface area (Å²) in [5, 5.41) is 4.05. The summed E-state index contributed by atoms with van der Waals surface area (Å²) >= 11 is 2.07. The molecule has 0 radical (unpaired) electrons. The third-order valence-corrected chi connectivity index (χ3v) is 4.85. The summed E-state index contributed by atoms with van der Waals surface area (Å²) in [7, 11) is 0. The molecule has 2 unspecified atom stereocenters. The Kier molecular flexibility index (Phi) is 4.75. The Hall–Kier alpha value is -0.900. The van der Waals surface area contributed by atoms with Gasteiger partial charge in [-0.15, -0.1) is 0 Å². The minimum Gasteiger partial charge on any atom is -0.370 e. The first-order valence-corrected chi connectivity index (χ1v) is 7.85. The summed E-state index contributed by atoms with van der Waals surface area (Å²) < 4.78 is 0. The van der Waals surface area contributed by atoms with Crippen molar-refractivity contribution in [2.75, 3.05) is 29.1 Å². The van der Waals surface area contributed by atoms with Crippen LogP contribution in [0.1, 0.15) is 27.2 Å². The number of nitrogens with one attached hydrogen (secondary N) is 1. The van der Waals surface area contributed by atoms with Crippen LogP contribution in [-0.2, 0) is 0 Å². The van der Waals surface area contributed by atoms with Crippen molar-refractivity contribution in [3.63, 3.8) is 0 Å². The molecule has 0 amide bonds. The van der Waals surface area contributed by atoms with E-state index < -0.39 is 0 Å². The first-order valence-electron chi connectivity index (χ1n) is 6.80. The number of rotatable bonds is 4. The zero-order valence-electron chi connectivity index (χ0n) is 11.5. The normalized spacial score (nSPS) is 24.1. The van der Waals surface area contributed by atoms with Crippen LogP contribution in [0.3, 0.4) is 0 Å². The molecule has 4 heteroatoms. The van der Waals surface area contributed by atoms with E-state index in [-0.39, 0.29) is 0 Å². The maximum Gasteiger partial charge on any atom is 0.127 e. The average molecular weight is 265 g/mol. The molecule has 1 aromatic heterocycles. The zero-order chi connectivity index (χ0) is 13.0. The molecule has 1 aliphatic rings. The molecule has 2 rings (SSSR count). The topological polar surface area (TPSA) is 28.2 Å². The molecule has 1 saturated heterocycles. The third kappa shape index (κ3) is 3.10. The van der Waals surface area contributed by atoms with Gasteiger partial charge in [-0.1, -0.05) is 13.8 Å². The maximum atomic E-state index is 4.37. The first kappa shape index (κ1) is 13.5. The highest BCUT2D eigenvalue weighted by Crippen LogP contribution is 2.29. The van der Waals surface area contributed by atoms with Gasteiger partial charge in [0.15, 0.2) is 0 Å². The lowest BCUT2D eigenvalue weighted by molar-refractivity contribution is 0.627. The van der Waals surface area contributed by atoms with Crippen molar-refractivity contribution in [2.24, 2.45) is 0 Å². The second-order valence-electron chi connectivity index (χ2n) is 4.84. The molecule has 0 aliphatic carbocycles. The molecule has 3 nitrogen and oxygen atoms in total. The van der Waals surface area contributed by atoms with E-state index in [2.05, 4.69) is 59.9 Å². The molecule has 2 heterocycles. The van der Waals surface area contributed by atoms with Crippen molar-refractivity contribution in [3.05, 3.63) is 18.3 Å². The van der Waals surface area contributed by atoms with Crippen LogP contribution in [0.15, 0.2) is 18.3 Å². The van der Waals surface area contributed by atoms with E-state index in [4.69, 9.17) is 0 Å². The SMILES string of the molecule is CCCNc1cc(N2CCSC(C)C2C)ccn1. The number of nitrogens with zero attached hydrogens (tertiary/aromatic N) is 2. The van der Waals surface area contributed by atoms with E-state index in [0.717, 1.165) is 25.3 Å². The van der Waals surface area contributed by atoms with Gasteiger partial charge in [0, 0.05) is 48.1 Å². The summed E-state index contributed by atoms with van der Waals surface area (Å²) in [6, 6.07) is 4.88. The van der Waals surface area contributed by atoms with Gasteiger partial charge >= 0.3 is 0 Å². The molecular weight excluding hydrogens is 242 g/mol. The molecule has 1 aliphatic heterocycles. The summed E-state index contributed by atoms with van der Waals surface area (Å²) in [4.78, 5) is 6.87. The maximum absolute atomic E-state index is 4.37. The molecule has 1 aromatic rings. The van der Waals surface area contributed by atoms with Gasteiger partial charge < -0.3 is 10.2 Å². The number of hydrogen-bond donors (Lipinski definition) is 1. The summed E-state index contributed by atoms with van der Waals surface area (Å²) in [6.07, 6.45) is 3.03. The van der Waals surface area contributed by atoms with E-state index in [9.17, 15) is 0 Å². The minimum atomic E-state index is 0.588. The predicted octanol–water partition coefficient (Wildman–Crippen LogP) is 3.23. The minimum absolute atomic E-state index is 0.588. The molecular formula is C14H23N3S. The van der Waals surface area contributed by atoms with Crippen molar-refractivity contribution in [2.45, 2.75) is 38.5 Å². The van der Waals surface area contributed by atoms with E-state index in [0.29, 0.717) is 11.3 Å². The molecule has 0 aromatic carbocycles. The fourth-order valence-corrected chi connectivity index (χ4v) is 3.34. The lowest BCUT2D eigenvalue weighted by Crippen LogP contribution is -2.44. The zero-order valence-corrected chi connectivity index (χ0v) is 12.3. The average Bonchev–Trinajstić information content (AvgIpc) is 2.40. The number of pyridine rings is 1. The van der Waals surface area contributed by atoms with Gasteiger partial charge in [0.05, 0.1) is 0 Å². The van der Waals surface area contributed by atoms with Crippen LogP contribution in [0.25, 0.3) is 0 Å². The Labute approximate surface area is 114 Å². The van der Waals surface area contributed by atoms with Crippen LogP contribution in [-0.4, -0.2) is 35.1 Å². The lowest BCUT2D eigenvalue weighted by atomic mass is 10.2. The highest BCUT2D eigenvalue weighted by atomic mass is 32.2. The Morgan fingerprint density at radius 1 is 1.50 bits per heavy atom. The summed E-state index contributed by atoms with van der Waals surface area (Å²) in [6.45, 7) is 8.92. The standard InChI is InChI=1S/C14H23N3S/c1-4-6-15-14-10-13(5-7-16-14)17-8-9-18-12(3)11(17)2/h5,7,10-12H,4,6,8-9H2,1-3H3,(H,15,16). The molecule has 1 N–H and O–H groups in total. The quantitative estimate of drug-likeness (QED) is 0.904. The monoisotopic (exact) mass is 265 g/mol. The van der Waals surface area contributed by atoms with Gasteiger partial charge in [0.25, 0.3) is 0 Å². The third-order valence-electron chi connectivity index (χ3n) is 3.52. The van der Waals surface area contributed by atoms with Crippen molar-refractivity contribution >= 4 is 23.3 Å². The van der Waals surface area contributed by atoms with E-state index in [1.54, 1.807) is 0 Å². The van der Waals surface area contributed by atoms with E-state index >= 15 is 0 Å². The van der Waals surface area contributed by atoms with Gasteiger partial charge in [0.2, 0.25) is 0 Å². The van der Waals surface area contributed by atoms with Gasteiger partial charge in [0.1, 0.15) is 5.82 Å². The van der Waals surface area contributed by atoms with Crippen LogP contribution in [0, 0.1) is 0 Å². The second kappa shape index (κ2) is 6.32. The Morgan fingerprint density at radius 3 is 3.11 bits per heavy atom. The van der Waals surface area contributed by atoms with Crippen molar-refractivity contribution in [1.82, 2.24) is 4.98 Å². The van der Waals surface area contributed by atoms with Gasteiger partial charge in [-0.2, -0.15) is 11.8 Å². The van der Waals surface area contributed by atoms with Crippen LogP contribution in [0.5, 0.6) is 0 Å². The lowest BCUT2D eigenvalue weighted by Gasteiger charge is -2.39. The van der Waals surface area contributed by atoms with Crippen molar-refractivity contribution in [3.8, 4) is 0 Å². The van der Waals surface area contributed by atoms with Crippen molar-refractivity contribution < 1.29 is 0 Å². The van der Waals surface area contributed by atoms with Crippen LogP contribution >= 0.6 is 11.8 Å². The van der Waals surface area contributed by atoms with Crippen LogP contribution < -0.4 is 10.2 Å². The van der Waals surface area contributed by atoms with Crippen molar-refractivity contribution in [1.29, 1.82) is 0 Å².